The first kappa shape index (κ1) is 25.3. The van der Waals surface area contributed by atoms with Crippen molar-refractivity contribution < 1.29 is 0 Å². The van der Waals surface area contributed by atoms with E-state index in [1.165, 1.54) is 76.0 Å². The smallest absolute Gasteiger partial charge is 0.0607 e. The molecule has 2 aliphatic heterocycles. The Hall–Kier alpha value is -4.38. The summed E-state index contributed by atoms with van der Waals surface area (Å²) in [6.45, 7) is 4.39. The number of rotatable bonds is 3. The van der Waals surface area contributed by atoms with Gasteiger partial charge in [0.05, 0.1) is 22.7 Å². The number of para-hydroxylation sites is 3. The molecule has 42 heavy (non-hydrogen) atoms. The number of hydrogen-bond acceptors (Lipinski definition) is 4. The fourth-order valence-electron chi connectivity index (χ4n) is 6.03. The molecule has 202 valence electrons. The molecule has 2 aliphatic rings. The molecule has 0 N–H and O–H groups in total. The highest BCUT2D eigenvalue weighted by Crippen LogP contribution is 2.55. The summed E-state index contributed by atoms with van der Waals surface area (Å²) in [6, 6.07) is 48.6. The van der Waals surface area contributed by atoms with Crippen LogP contribution in [0.4, 0.5) is 34.1 Å². The summed E-state index contributed by atoms with van der Waals surface area (Å²) in [7, 11) is 0. The lowest BCUT2D eigenvalue weighted by molar-refractivity contribution is 1.16. The molecule has 0 saturated carbocycles. The van der Waals surface area contributed by atoms with Crippen LogP contribution < -0.4 is 9.80 Å². The zero-order valence-electron chi connectivity index (χ0n) is 23.4. The molecule has 0 spiro atoms. The second kappa shape index (κ2) is 10.2. The van der Waals surface area contributed by atoms with Crippen molar-refractivity contribution >= 4 is 57.6 Å². The number of benzene rings is 6. The highest BCUT2D eigenvalue weighted by atomic mass is 32.2. The van der Waals surface area contributed by atoms with Gasteiger partial charge in [-0.05, 0) is 97.3 Å². The number of anilines is 6. The third kappa shape index (κ3) is 4.13. The van der Waals surface area contributed by atoms with E-state index in [1.807, 2.05) is 23.5 Å². The van der Waals surface area contributed by atoms with E-state index < -0.39 is 0 Å². The van der Waals surface area contributed by atoms with Crippen molar-refractivity contribution in [3.63, 3.8) is 0 Å². The van der Waals surface area contributed by atoms with Gasteiger partial charge < -0.3 is 9.80 Å². The standard InChI is InChI=1S/C38H28N2S2/c1-25-18-20-27(21-19-25)39-33-13-5-8-17-37(33)42-38-30(10-9-14-34(38)39)29-23-22-28(24-26(29)2)40-31-11-3-6-15-35(31)41-36-16-7-4-12-32(36)40/h3-24H,1-2H3. The summed E-state index contributed by atoms with van der Waals surface area (Å²) in [5, 5.41) is 0. The van der Waals surface area contributed by atoms with E-state index in [1.54, 1.807) is 0 Å². The van der Waals surface area contributed by atoms with Crippen LogP contribution in [0, 0.1) is 13.8 Å². The van der Waals surface area contributed by atoms with Crippen molar-refractivity contribution in [2.45, 2.75) is 33.4 Å². The second-order valence-electron chi connectivity index (χ2n) is 10.8. The molecule has 8 rings (SSSR count). The Morgan fingerprint density at radius 3 is 1.57 bits per heavy atom. The fourth-order valence-corrected chi connectivity index (χ4v) is 8.27. The van der Waals surface area contributed by atoms with Crippen LogP contribution in [0.3, 0.4) is 0 Å². The van der Waals surface area contributed by atoms with Crippen LogP contribution in [0.1, 0.15) is 11.1 Å². The Morgan fingerprint density at radius 1 is 0.429 bits per heavy atom. The predicted octanol–water partition coefficient (Wildman–Crippen LogP) is 11.8. The molecule has 0 aromatic heterocycles. The summed E-state index contributed by atoms with van der Waals surface area (Å²) in [6.07, 6.45) is 0. The number of nitrogens with zero attached hydrogens (tertiary/aromatic N) is 2. The van der Waals surface area contributed by atoms with Gasteiger partial charge in [0.25, 0.3) is 0 Å². The molecular weight excluding hydrogens is 549 g/mol. The molecule has 0 saturated heterocycles. The van der Waals surface area contributed by atoms with Crippen molar-refractivity contribution in [2.75, 3.05) is 9.80 Å². The van der Waals surface area contributed by atoms with Gasteiger partial charge in [-0.2, -0.15) is 0 Å². The van der Waals surface area contributed by atoms with E-state index >= 15 is 0 Å². The number of fused-ring (bicyclic) bond motifs is 4. The second-order valence-corrected chi connectivity index (χ2v) is 12.9. The van der Waals surface area contributed by atoms with Crippen LogP contribution in [0.15, 0.2) is 153 Å². The van der Waals surface area contributed by atoms with Crippen LogP contribution in [0.5, 0.6) is 0 Å². The third-order valence-electron chi connectivity index (χ3n) is 8.04. The number of aryl methyl sites for hydroxylation is 2. The van der Waals surface area contributed by atoms with Gasteiger partial charge in [-0.25, -0.2) is 0 Å². The molecule has 0 aliphatic carbocycles. The minimum Gasteiger partial charge on any atom is -0.308 e. The van der Waals surface area contributed by atoms with Gasteiger partial charge in [-0.3, -0.25) is 0 Å². The first-order chi connectivity index (χ1) is 20.7. The molecule has 0 unspecified atom stereocenters. The topological polar surface area (TPSA) is 6.48 Å². The van der Waals surface area contributed by atoms with Gasteiger partial charge in [0.15, 0.2) is 0 Å². The average molecular weight is 577 g/mol. The normalized spacial score (nSPS) is 13.2. The molecule has 2 nitrogen and oxygen atoms in total. The highest BCUT2D eigenvalue weighted by Gasteiger charge is 2.28. The van der Waals surface area contributed by atoms with E-state index in [2.05, 4.69) is 157 Å². The molecule has 0 radical (unpaired) electrons. The maximum absolute atomic E-state index is 2.41. The third-order valence-corrected chi connectivity index (χ3v) is 10.4. The first-order valence-electron chi connectivity index (χ1n) is 14.2. The largest absolute Gasteiger partial charge is 0.308 e. The van der Waals surface area contributed by atoms with Gasteiger partial charge in [-0.15, -0.1) is 0 Å². The Labute approximate surface area is 255 Å². The zero-order chi connectivity index (χ0) is 28.2. The van der Waals surface area contributed by atoms with Crippen molar-refractivity contribution in [3.05, 3.63) is 145 Å². The minimum atomic E-state index is 1.18. The van der Waals surface area contributed by atoms with Crippen molar-refractivity contribution in [2.24, 2.45) is 0 Å². The highest BCUT2D eigenvalue weighted by molar-refractivity contribution is 8.00. The van der Waals surface area contributed by atoms with E-state index in [0.29, 0.717) is 0 Å². The van der Waals surface area contributed by atoms with E-state index in [0.717, 1.165) is 0 Å². The van der Waals surface area contributed by atoms with E-state index in [-0.39, 0.29) is 0 Å². The number of hydrogen-bond donors (Lipinski definition) is 0. The molecule has 2 heterocycles. The minimum absolute atomic E-state index is 1.18. The molecule has 0 atom stereocenters. The molecule has 4 heteroatoms. The van der Waals surface area contributed by atoms with Crippen LogP contribution in [-0.4, -0.2) is 0 Å². The van der Waals surface area contributed by atoms with Crippen molar-refractivity contribution in [3.8, 4) is 11.1 Å². The van der Waals surface area contributed by atoms with Gasteiger partial charge in [0.1, 0.15) is 0 Å². The Balaban J connectivity index is 1.26. The van der Waals surface area contributed by atoms with Gasteiger partial charge in [0.2, 0.25) is 0 Å². The average Bonchev–Trinajstić information content (AvgIpc) is 3.03. The fraction of sp³-hybridized carbons (Fsp3) is 0.0526. The van der Waals surface area contributed by atoms with Crippen LogP contribution in [-0.2, 0) is 0 Å². The quantitative estimate of drug-likeness (QED) is 0.206. The lowest BCUT2D eigenvalue weighted by Gasteiger charge is -2.34. The van der Waals surface area contributed by atoms with Crippen LogP contribution in [0.25, 0.3) is 11.1 Å². The zero-order valence-corrected chi connectivity index (χ0v) is 25.0. The Morgan fingerprint density at radius 2 is 0.952 bits per heavy atom. The lowest BCUT2D eigenvalue weighted by Crippen LogP contribution is -2.15. The monoisotopic (exact) mass is 576 g/mol. The maximum Gasteiger partial charge on any atom is 0.0607 e. The predicted molar refractivity (Wildman–Crippen MR) is 179 cm³/mol. The first-order valence-corrected chi connectivity index (χ1v) is 15.8. The Bertz CT molecular complexity index is 1930. The Kier molecular flexibility index (Phi) is 6.13. The van der Waals surface area contributed by atoms with Gasteiger partial charge in [0, 0.05) is 31.0 Å². The van der Waals surface area contributed by atoms with Gasteiger partial charge >= 0.3 is 0 Å². The summed E-state index contributed by atoms with van der Waals surface area (Å²) in [5.41, 5.74) is 12.3. The van der Waals surface area contributed by atoms with Crippen LogP contribution in [0.2, 0.25) is 0 Å². The summed E-state index contributed by atoms with van der Waals surface area (Å²) >= 11 is 3.72. The van der Waals surface area contributed by atoms with Gasteiger partial charge in [-0.1, -0.05) is 95.8 Å². The lowest BCUT2D eigenvalue weighted by atomic mass is 9.98. The molecular formula is C38H28N2S2. The summed E-state index contributed by atoms with van der Waals surface area (Å²) in [4.78, 5) is 9.93. The molecule has 6 aromatic carbocycles. The molecule has 6 aromatic rings. The maximum atomic E-state index is 2.41. The SMILES string of the molecule is Cc1ccc(N2c3ccccc3Sc3c(-c4ccc(N5c6ccccc6Sc6ccccc65)cc4C)cccc32)cc1. The van der Waals surface area contributed by atoms with Crippen molar-refractivity contribution in [1.29, 1.82) is 0 Å². The summed E-state index contributed by atoms with van der Waals surface area (Å²) in [5.74, 6) is 0. The summed E-state index contributed by atoms with van der Waals surface area (Å²) < 4.78 is 0. The molecule has 0 amide bonds. The van der Waals surface area contributed by atoms with E-state index in [4.69, 9.17) is 0 Å². The molecule has 0 bridgehead atoms. The van der Waals surface area contributed by atoms with Crippen LogP contribution >= 0.6 is 23.5 Å². The van der Waals surface area contributed by atoms with Crippen molar-refractivity contribution in [1.82, 2.24) is 0 Å². The molecule has 0 fully saturated rings. The van der Waals surface area contributed by atoms with E-state index in [9.17, 15) is 0 Å².